The smallest absolute Gasteiger partial charge is 0.237 e. The van der Waals surface area contributed by atoms with E-state index in [1.165, 1.54) is 25.7 Å². The molecule has 0 radical (unpaired) electrons. The van der Waals surface area contributed by atoms with Gasteiger partial charge < -0.3 is 10.6 Å². The van der Waals surface area contributed by atoms with E-state index in [4.69, 9.17) is 0 Å². The maximum Gasteiger partial charge on any atom is 0.237 e. The highest BCUT2D eigenvalue weighted by atomic mass is 16.2. The lowest BCUT2D eigenvalue weighted by atomic mass is 9.98. The normalized spacial score (nSPS) is 32.9. The second-order valence-electron chi connectivity index (χ2n) is 5.54. The minimum Gasteiger partial charge on any atom is -0.352 e. The predicted octanol–water partition coefficient (Wildman–Crippen LogP) is 1.68. The van der Waals surface area contributed by atoms with Crippen LogP contribution in [0.25, 0.3) is 0 Å². The van der Waals surface area contributed by atoms with Gasteiger partial charge in [0.05, 0.1) is 6.04 Å². The van der Waals surface area contributed by atoms with E-state index in [1.54, 1.807) is 0 Å². The Morgan fingerprint density at radius 1 is 1.31 bits per heavy atom. The Labute approximate surface area is 98.4 Å². The van der Waals surface area contributed by atoms with Gasteiger partial charge in [-0.3, -0.25) is 4.79 Å². The third-order valence-corrected chi connectivity index (χ3v) is 4.29. The first-order valence-corrected chi connectivity index (χ1v) is 6.72. The van der Waals surface area contributed by atoms with Crippen LogP contribution in [0.2, 0.25) is 0 Å². The molecule has 1 saturated carbocycles. The average Bonchev–Trinajstić information content (AvgIpc) is 2.86. The van der Waals surface area contributed by atoms with Gasteiger partial charge in [0.1, 0.15) is 0 Å². The van der Waals surface area contributed by atoms with Crippen LogP contribution in [0.1, 0.15) is 46.0 Å². The van der Waals surface area contributed by atoms with Gasteiger partial charge in [-0.05, 0) is 44.6 Å². The molecule has 0 aromatic heterocycles. The maximum absolute atomic E-state index is 12.0. The number of nitrogens with one attached hydrogen (secondary N) is 2. The summed E-state index contributed by atoms with van der Waals surface area (Å²) in [5, 5.41) is 6.48. The third kappa shape index (κ3) is 2.57. The summed E-state index contributed by atoms with van der Waals surface area (Å²) in [5.41, 5.74) is 0. The van der Waals surface area contributed by atoms with Crippen LogP contribution in [0.5, 0.6) is 0 Å². The SMILES string of the molecule is CC1CCNC1C(=O)N[C@@H](C)C1CCCC1. The number of hydrogen-bond donors (Lipinski definition) is 2. The van der Waals surface area contributed by atoms with Gasteiger partial charge >= 0.3 is 0 Å². The van der Waals surface area contributed by atoms with E-state index in [9.17, 15) is 4.79 Å². The zero-order chi connectivity index (χ0) is 11.5. The molecule has 16 heavy (non-hydrogen) atoms. The van der Waals surface area contributed by atoms with Crippen molar-refractivity contribution in [1.82, 2.24) is 10.6 Å². The summed E-state index contributed by atoms with van der Waals surface area (Å²) in [6.07, 6.45) is 6.37. The molecule has 1 amide bonds. The van der Waals surface area contributed by atoms with Gasteiger partial charge in [0.25, 0.3) is 0 Å². The molecule has 0 aromatic rings. The van der Waals surface area contributed by atoms with Crippen LogP contribution in [0.4, 0.5) is 0 Å². The van der Waals surface area contributed by atoms with E-state index in [1.807, 2.05) is 0 Å². The fourth-order valence-electron chi connectivity index (χ4n) is 3.07. The Kier molecular flexibility index (Phi) is 3.85. The minimum atomic E-state index is 0.0452. The third-order valence-electron chi connectivity index (χ3n) is 4.29. The number of rotatable bonds is 3. The largest absolute Gasteiger partial charge is 0.352 e. The highest BCUT2D eigenvalue weighted by Crippen LogP contribution is 2.27. The Hall–Kier alpha value is -0.570. The Morgan fingerprint density at radius 2 is 2.00 bits per heavy atom. The molecule has 0 aromatic carbocycles. The molecule has 3 nitrogen and oxygen atoms in total. The Balaban J connectivity index is 1.81. The van der Waals surface area contributed by atoms with Crippen molar-refractivity contribution in [2.75, 3.05) is 6.54 Å². The number of carbonyl (C=O) groups excluding carboxylic acids is 1. The maximum atomic E-state index is 12.0. The number of hydrogen-bond acceptors (Lipinski definition) is 2. The van der Waals surface area contributed by atoms with E-state index in [0.717, 1.165) is 13.0 Å². The zero-order valence-corrected chi connectivity index (χ0v) is 10.5. The molecule has 0 spiro atoms. The van der Waals surface area contributed by atoms with Gasteiger partial charge in [0, 0.05) is 6.04 Å². The Morgan fingerprint density at radius 3 is 2.56 bits per heavy atom. The van der Waals surface area contributed by atoms with Crippen molar-refractivity contribution < 1.29 is 4.79 Å². The molecule has 2 aliphatic rings. The summed E-state index contributed by atoms with van der Waals surface area (Å²) in [5.74, 6) is 1.40. The molecule has 2 rings (SSSR count). The molecule has 1 heterocycles. The summed E-state index contributed by atoms with van der Waals surface area (Å²) in [6, 6.07) is 0.397. The number of amides is 1. The lowest BCUT2D eigenvalue weighted by Gasteiger charge is -2.23. The van der Waals surface area contributed by atoms with Crippen LogP contribution in [0.15, 0.2) is 0 Å². The van der Waals surface area contributed by atoms with Crippen molar-refractivity contribution in [2.45, 2.75) is 58.0 Å². The first-order valence-electron chi connectivity index (χ1n) is 6.72. The first-order chi connectivity index (χ1) is 7.68. The summed E-state index contributed by atoms with van der Waals surface area (Å²) in [6.45, 7) is 5.30. The molecular weight excluding hydrogens is 200 g/mol. The van der Waals surface area contributed by atoms with Crippen LogP contribution < -0.4 is 10.6 Å². The van der Waals surface area contributed by atoms with Crippen LogP contribution >= 0.6 is 0 Å². The monoisotopic (exact) mass is 224 g/mol. The van der Waals surface area contributed by atoms with Crippen molar-refractivity contribution in [2.24, 2.45) is 11.8 Å². The van der Waals surface area contributed by atoms with Gasteiger partial charge in [-0.2, -0.15) is 0 Å². The molecule has 2 N–H and O–H groups in total. The molecular formula is C13H24N2O. The van der Waals surface area contributed by atoms with E-state index >= 15 is 0 Å². The van der Waals surface area contributed by atoms with Gasteiger partial charge in [-0.1, -0.05) is 19.8 Å². The lowest BCUT2D eigenvalue weighted by Crippen LogP contribution is -2.48. The number of carbonyl (C=O) groups is 1. The predicted molar refractivity (Wildman–Crippen MR) is 65.1 cm³/mol. The van der Waals surface area contributed by atoms with Crippen molar-refractivity contribution in [3.8, 4) is 0 Å². The molecule has 2 fully saturated rings. The fourth-order valence-corrected chi connectivity index (χ4v) is 3.07. The van der Waals surface area contributed by atoms with Gasteiger partial charge in [0.2, 0.25) is 5.91 Å². The summed E-state index contributed by atoms with van der Waals surface area (Å²) >= 11 is 0. The van der Waals surface area contributed by atoms with Crippen molar-refractivity contribution in [3.63, 3.8) is 0 Å². The van der Waals surface area contributed by atoms with Crippen LogP contribution in [0.3, 0.4) is 0 Å². The van der Waals surface area contributed by atoms with Crippen molar-refractivity contribution in [3.05, 3.63) is 0 Å². The molecule has 1 aliphatic heterocycles. The topological polar surface area (TPSA) is 41.1 Å². The van der Waals surface area contributed by atoms with E-state index < -0.39 is 0 Å². The van der Waals surface area contributed by atoms with Gasteiger partial charge in [-0.25, -0.2) is 0 Å². The van der Waals surface area contributed by atoms with Gasteiger partial charge in [-0.15, -0.1) is 0 Å². The second kappa shape index (κ2) is 5.17. The van der Waals surface area contributed by atoms with E-state index in [0.29, 0.717) is 17.9 Å². The zero-order valence-electron chi connectivity index (χ0n) is 10.5. The van der Waals surface area contributed by atoms with Crippen LogP contribution in [0, 0.1) is 11.8 Å². The first kappa shape index (κ1) is 11.9. The summed E-state index contributed by atoms with van der Waals surface area (Å²) < 4.78 is 0. The highest BCUT2D eigenvalue weighted by molar-refractivity contribution is 5.82. The van der Waals surface area contributed by atoms with Crippen LogP contribution in [-0.2, 0) is 4.79 Å². The van der Waals surface area contributed by atoms with E-state index in [-0.39, 0.29) is 11.9 Å². The highest BCUT2D eigenvalue weighted by Gasteiger charge is 2.31. The molecule has 3 atom stereocenters. The average molecular weight is 224 g/mol. The molecule has 1 aliphatic carbocycles. The van der Waals surface area contributed by atoms with Crippen molar-refractivity contribution in [1.29, 1.82) is 0 Å². The second-order valence-corrected chi connectivity index (χ2v) is 5.54. The van der Waals surface area contributed by atoms with Crippen molar-refractivity contribution >= 4 is 5.91 Å². The standard InChI is InChI=1S/C13H24N2O/c1-9-7-8-14-12(9)13(16)15-10(2)11-5-3-4-6-11/h9-12,14H,3-8H2,1-2H3,(H,15,16)/t9?,10-,12?/m0/s1. The molecule has 0 bridgehead atoms. The summed E-state index contributed by atoms with van der Waals surface area (Å²) in [7, 11) is 0. The van der Waals surface area contributed by atoms with Crippen LogP contribution in [-0.4, -0.2) is 24.5 Å². The van der Waals surface area contributed by atoms with Gasteiger partial charge in [0.15, 0.2) is 0 Å². The fraction of sp³-hybridized carbons (Fsp3) is 0.923. The quantitative estimate of drug-likeness (QED) is 0.766. The minimum absolute atomic E-state index is 0.0452. The lowest BCUT2D eigenvalue weighted by molar-refractivity contribution is -0.124. The molecule has 1 saturated heterocycles. The molecule has 92 valence electrons. The summed E-state index contributed by atoms with van der Waals surface area (Å²) in [4.78, 5) is 12.0. The molecule has 3 heteroatoms. The Bertz CT molecular complexity index is 248. The molecule has 2 unspecified atom stereocenters. The van der Waals surface area contributed by atoms with E-state index in [2.05, 4.69) is 24.5 Å².